The molecule has 122 valence electrons. The van der Waals surface area contributed by atoms with E-state index in [0.717, 1.165) is 12.8 Å². The Morgan fingerprint density at radius 1 is 1.36 bits per heavy atom. The van der Waals surface area contributed by atoms with Gasteiger partial charge in [0.05, 0.1) is 0 Å². The van der Waals surface area contributed by atoms with Crippen LogP contribution in [0.25, 0.3) is 0 Å². The van der Waals surface area contributed by atoms with E-state index in [1.807, 2.05) is 26.8 Å². The second-order valence-corrected chi connectivity index (χ2v) is 6.81. The van der Waals surface area contributed by atoms with Gasteiger partial charge in [0.2, 0.25) is 0 Å². The van der Waals surface area contributed by atoms with Crippen LogP contribution in [0.3, 0.4) is 0 Å². The number of alkyl carbamates (subject to hydrolysis) is 1. The highest BCUT2D eigenvalue weighted by Crippen LogP contribution is 2.32. The third-order valence-electron chi connectivity index (χ3n) is 3.53. The van der Waals surface area contributed by atoms with E-state index in [9.17, 15) is 9.18 Å². The first-order valence-corrected chi connectivity index (χ1v) is 7.79. The van der Waals surface area contributed by atoms with Gasteiger partial charge < -0.3 is 15.4 Å². The zero-order chi connectivity index (χ0) is 16.2. The number of carbonyl (C=O) groups excluding carboxylic acids is 1. The zero-order valence-corrected chi connectivity index (χ0v) is 13.5. The highest BCUT2D eigenvalue weighted by molar-refractivity contribution is 5.68. The van der Waals surface area contributed by atoms with Crippen molar-refractivity contribution in [2.24, 2.45) is 5.92 Å². The number of hydrogen-bond acceptors (Lipinski definition) is 3. The molecule has 1 saturated carbocycles. The Labute approximate surface area is 131 Å². The van der Waals surface area contributed by atoms with Crippen molar-refractivity contribution in [3.05, 3.63) is 35.6 Å². The van der Waals surface area contributed by atoms with E-state index in [1.54, 1.807) is 12.1 Å². The van der Waals surface area contributed by atoms with Gasteiger partial charge in [0.1, 0.15) is 11.4 Å². The van der Waals surface area contributed by atoms with E-state index in [0.29, 0.717) is 24.6 Å². The normalized spacial score (nSPS) is 16.2. The van der Waals surface area contributed by atoms with Gasteiger partial charge in [-0.2, -0.15) is 0 Å². The summed E-state index contributed by atoms with van der Waals surface area (Å²) < 4.78 is 18.8. The Bertz CT molecular complexity index is 510. The molecule has 1 atom stereocenters. The maximum atomic E-state index is 13.6. The molecule has 1 fully saturated rings. The highest BCUT2D eigenvalue weighted by Gasteiger charge is 2.33. The molecule has 1 amide bonds. The minimum Gasteiger partial charge on any atom is -0.444 e. The van der Waals surface area contributed by atoms with Crippen LogP contribution in [0.2, 0.25) is 0 Å². The van der Waals surface area contributed by atoms with Crippen molar-refractivity contribution >= 4 is 6.09 Å². The molecule has 0 saturated heterocycles. The molecule has 1 unspecified atom stereocenters. The van der Waals surface area contributed by atoms with Crippen molar-refractivity contribution in [3.8, 4) is 0 Å². The van der Waals surface area contributed by atoms with Gasteiger partial charge in [-0.3, -0.25) is 0 Å². The van der Waals surface area contributed by atoms with Gasteiger partial charge in [0.25, 0.3) is 0 Å². The van der Waals surface area contributed by atoms with Crippen molar-refractivity contribution < 1.29 is 13.9 Å². The molecule has 0 radical (unpaired) electrons. The number of nitrogens with one attached hydrogen (secondary N) is 2. The predicted octanol–water partition coefficient (Wildman–Crippen LogP) is 3.22. The molecule has 1 aliphatic rings. The van der Waals surface area contributed by atoms with Crippen molar-refractivity contribution in [2.75, 3.05) is 6.54 Å². The predicted molar refractivity (Wildman–Crippen MR) is 84.0 cm³/mol. The molecule has 1 aromatic rings. The molecule has 5 heteroatoms. The molecule has 22 heavy (non-hydrogen) atoms. The Kier molecular flexibility index (Phi) is 5.40. The molecule has 1 aliphatic carbocycles. The lowest BCUT2D eigenvalue weighted by Gasteiger charge is -2.24. The standard InChI is InChI=1S/C17H25FN2O2/c1-17(2,3)22-16(21)20-15(12-8-9-12)11-19-10-13-6-4-5-7-14(13)18/h4-7,12,15,19H,8-11H2,1-3H3,(H,20,21). The first kappa shape index (κ1) is 16.7. The number of benzene rings is 1. The summed E-state index contributed by atoms with van der Waals surface area (Å²) in [6.07, 6.45) is 1.83. The SMILES string of the molecule is CC(C)(C)OC(=O)NC(CNCc1ccccc1F)C1CC1. The van der Waals surface area contributed by atoms with E-state index >= 15 is 0 Å². The van der Waals surface area contributed by atoms with Crippen LogP contribution in [0.1, 0.15) is 39.2 Å². The Balaban J connectivity index is 1.80. The van der Waals surface area contributed by atoms with Gasteiger partial charge in [-0.15, -0.1) is 0 Å². The van der Waals surface area contributed by atoms with Crippen molar-refractivity contribution in [3.63, 3.8) is 0 Å². The molecule has 0 aliphatic heterocycles. The van der Waals surface area contributed by atoms with Crippen LogP contribution in [-0.2, 0) is 11.3 Å². The minimum atomic E-state index is -0.501. The molecule has 2 N–H and O–H groups in total. The lowest BCUT2D eigenvalue weighted by Crippen LogP contribution is -2.45. The smallest absolute Gasteiger partial charge is 0.407 e. The first-order valence-electron chi connectivity index (χ1n) is 7.79. The monoisotopic (exact) mass is 308 g/mol. The highest BCUT2D eigenvalue weighted by atomic mass is 19.1. The molecule has 0 bridgehead atoms. The van der Waals surface area contributed by atoms with Gasteiger partial charge in [-0.05, 0) is 45.6 Å². The number of carbonyl (C=O) groups is 1. The van der Waals surface area contributed by atoms with E-state index in [4.69, 9.17) is 4.74 Å². The summed E-state index contributed by atoms with van der Waals surface area (Å²) in [6, 6.07) is 6.74. The van der Waals surface area contributed by atoms with Crippen molar-refractivity contribution in [1.29, 1.82) is 0 Å². The van der Waals surface area contributed by atoms with Crippen molar-refractivity contribution in [2.45, 2.75) is 51.8 Å². The fourth-order valence-electron chi connectivity index (χ4n) is 2.30. The van der Waals surface area contributed by atoms with Gasteiger partial charge in [0, 0.05) is 24.7 Å². The molecule has 0 heterocycles. The van der Waals surface area contributed by atoms with Crippen LogP contribution in [0.4, 0.5) is 9.18 Å². The van der Waals surface area contributed by atoms with Crippen LogP contribution in [-0.4, -0.2) is 24.3 Å². The van der Waals surface area contributed by atoms with Crippen molar-refractivity contribution in [1.82, 2.24) is 10.6 Å². The maximum Gasteiger partial charge on any atom is 0.407 e. The average molecular weight is 308 g/mol. The number of amides is 1. The van der Waals surface area contributed by atoms with Crippen LogP contribution in [0.5, 0.6) is 0 Å². The Morgan fingerprint density at radius 3 is 2.64 bits per heavy atom. The fraction of sp³-hybridized carbons (Fsp3) is 0.588. The Hall–Kier alpha value is -1.62. The molecule has 1 aromatic carbocycles. The van der Waals surface area contributed by atoms with Crippen LogP contribution in [0.15, 0.2) is 24.3 Å². The summed E-state index contributed by atoms with van der Waals surface area (Å²) in [7, 11) is 0. The molecule has 0 spiro atoms. The lowest BCUT2D eigenvalue weighted by atomic mass is 10.1. The van der Waals surface area contributed by atoms with Crippen LogP contribution in [0, 0.1) is 11.7 Å². The molecule has 4 nitrogen and oxygen atoms in total. The third-order valence-corrected chi connectivity index (χ3v) is 3.53. The second-order valence-electron chi connectivity index (χ2n) is 6.81. The summed E-state index contributed by atoms with van der Waals surface area (Å²) in [4.78, 5) is 11.9. The van der Waals surface area contributed by atoms with Crippen LogP contribution < -0.4 is 10.6 Å². The van der Waals surface area contributed by atoms with Gasteiger partial charge >= 0.3 is 6.09 Å². The summed E-state index contributed by atoms with van der Waals surface area (Å²) in [5.41, 5.74) is 0.132. The molecular formula is C17H25FN2O2. The summed E-state index contributed by atoms with van der Waals surface area (Å²) in [6.45, 7) is 6.59. The average Bonchev–Trinajstić information content (AvgIpc) is 3.22. The number of halogens is 1. The maximum absolute atomic E-state index is 13.6. The van der Waals surface area contributed by atoms with Gasteiger partial charge in [0.15, 0.2) is 0 Å². The fourth-order valence-corrected chi connectivity index (χ4v) is 2.30. The zero-order valence-electron chi connectivity index (χ0n) is 13.5. The topological polar surface area (TPSA) is 50.4 Å². The van der Waals surface area contributed by atoms with Gasteiger partial charge in [-0.1, -0.05) is 18.2 Å². The summed E-state index contributed by atoms with van der Waals surface area (Å²) in [5, 5.41) is 6.14. The number of hydrogen-bond donors (Lipinski definition) is 2. The Morgan fingerprint density at radius 2 is 2.05 bits per heavy atom. The largest absolute Gasteiger partial charge is 0.444 e. The van der Waals surface area contributed by atoms with Crippen LogP contribution >= 0.6 is 0 Å². The van der Waals surface area contributed by atoms with Gasteiger partial charge in [-0.25, -0.2) is 9.18 Å². The number of ether oxygens (including phenoxy) is 1. The molecule has 0 aromatic heterocycles. The second kappa shape index (κ2) is 7.09. The lowest BCUT2D eigenvalue weighted by molar-refractivity contribution is 0.0497. The minimum absolute atomic E-state index is 0.0293. The third kappa shape index (κ3) is 5.64. The molecular weight excluding hydrogens is 283 g/mol. The van der Waals surface area contributed by atoms with E-state index < -0.39 is 11.7 Å². The quantitative estimate of drug-likeness (QED) is 0.848. The summed E-state index contributed by atoms with van der Waals surface area (Å²) in [5.74, 6) is 0.277. The van der Waals surface area contributed by atoms with E-state index in [-0.39, 0.29) is 11.9 Å². The summed E-state index contributed by atoms with van der Waals surface area (Å²) >= 11 is 0. The first-order chi connectivity index (χ1) is 10.3. The van der Waals surface area contributed by atoms with E-state index in [2.05, 4.69) is 10.6 Å². The number of rotatable bonds is 6. The molecule has 2 rings (SSSR count). The van der Waals surface area contributed by atoms with E-state index in [1.165, 1.54) is 6.07 Å².